The van der Waals surface area contributed by atoms with E-state index in [1.807, 2.05) is 25.1 Å². The SMILES string of the molecule is C[C@H](O)[C@H]1CC[C@@H](C)N1c1ccc2c(C#N)nccc2c1. The second-order valence-corrected chi connectivity index (χ2v) is 5.82. The summed E-state index contributed by atoms with van der Waals surface area (Å²) in [5, 5.41) is 21.0. The van der Waals surface area contributed by atoms with Crippen molar-refractivity contribution in [1.82, 2.24) is 4.98 Å². The van der Waals surface area contributed by atoms with Crippen LogP contribution in [0, 0.1) is 11.3 Å². The monoisotopic (exact) mass is 281 g/mol. The van der Waals surface area contributed by atoms with E-state index < -0.39 is 0 Å². The highest BCUT2D eigenvalue weighted by Crippen LogP contribution is 2.34. The Kier molecular flexibility index (Phi) is 3.52. The third-order valence-electron chi connectivity index (χ3n) is 4.42. The fraction of sp³-hybridized carbons (Fsp3) is 0.412. The molecule has 0 amide bonds. The predicted octanol–water partition coefficient (Wildman–Crippen LogP) is 2.84. The number of hydrogen-bond acceptors (Lipinski definition) is 4. The van der Waals surface area contributed by atoms with E-state index >= 15 is 0 Å². The number of nitrogens with zero attached hydrogens (tertiary/aromatic N) is 3. The van der Waals surface area contributed by atoms with Crippen LogP contribution in [0.15, 0.2) is 30.5 Å². The normalized spacial score (nSPS) is 23.2. The van der Waals surface area contributed by atoms with Crippen molar-refractivity contribution < 1.29 is 5.11 Å². The molecule has 4 nitrogen and oxygen atoms in total. The van der Waals surface area contributed by atoms with Crippen LogP contribution in [-0.2, 0) is 0 Å². The molecule has 0 bridgehead atoms. The van der Waals surface area contributed by atoms with Gasteiger partial charge in [-0.2, -0.15) is 5.26 Å². The topological polar surface area (TPSA) is 60.1 Å². The van der Waals surface area contributed by atoms with Crippen LogP contribution in [0.4, 0.5) is 5.69 Å². The Morgan fingerprint density at radius 2 is 2.19 bits per heavy atom. The van der Waals surface area contributed by atoms with Crippen molar-refractivity contribution in [2.45, 2.75) is 44.9 Å². The number of hydrogen-bond donors (Lipinski definition) is 1. The van der Waals surface area contributed by atoms with E-state index in [1.54, 1.807) is 6.20 Å². The van der Waals surface area contributed by atoms with Crippen molar-refractivity contribution >= 4 is 16.5 Å². The first-order valence-electron chi connectivity index (χ1n) is 7.37. The zero-order chi connectivity index (χ0) is 15.0. The van der Waals surface area contributed by atoms with Crippen molar-refractivity contribution in [2.75, 3.05) is 4.90 Å². The second-order valence-electron chi connectivity index (χ2n) is 5.82. The number of fused-ring (bicyclic) bond motifs is 1. The summed E-state index contributed by atoms with van der Waals surface area (Å²) in [6.45, 7) is 4.05. The van der Waals surface area contributed by atoms with Crippen LogP contribution >= 0.6 is 0 Å². The first kappa shape index (κ1) is 13.8. The molecule has 1 aliphatic rings. The highest BCUT2D eigenvalue weighted by Gasteiger charge is 2.33. The maximum atomic E-state index is 10.0. The Hall–Kier alpha value is -2.12. The molecule has 0 spiro atoms. The summed E-state index contributed by atoms with van der Waals surface area (Å²) in [6, 6.07) is 10.7. The molecule has 1 aromatic carbocycles. The van der Waals surface area contributed by atoms with E-state index in [-0.39, 0.29) is 12.1 Å². The molecule has 0 unspecified atom stereocenters. The summed E-state index contributed by atoms with van der Waals surface area (Å²) in [5.41, 5.74) is 1.56. The van der Waals surface area contributed by atoms with E-state index in [0.29, 0.717) is 11.7 Å². The van der Waals surface area contributed by atoms with Crippen molar-refractivity contribution in [3.05, 3.63) is 36.2 Å². The van der Waals surface area contributed by atoms with Crippen LogP contribution in [0.5, 0.6) is 0 Å². The lowest BCUT2D eigenvalue weighted by atomic mass is 10.1. The summed E-state index contributed by atoms with van der Waals surface area (Å²) in [4.78, 5) is 6.40. The number of aliphatic hydroxyl groups is 1. The quantitative estimate of drug-likeness (QED) is 0.919. The molecule has 2 aromatic rings. The minimum Gasteiger partial charge on any atom is -0.391 e. The van der Waals surface area contributed by atoms with Crippen molar-refractivity contribution in [3.8, 4) is 6.07 Å². The van der Waals surface area contributed by atoms with Gasteiger partial charge in [0, 0.05) is 23.3 Å². The van der Waals surface area contributed by atoms with Crippen LogP contribution in [0.2, 0.25) is 0 Å². The molecule has 1 fully saturated rings. The number of anilines is 1. The lowest BCUT2D eigenvalue weighted by Crippen LogP contribution is -2.40. The van der Waals surface area contributed by atoms with E-state index in [0.717, 1.165) is 29.3 Å². The molecule has 3 rings (SSSR count). The van der Waals surface area contributed by atoms with Gasteiger partial charge in [-0.25, -0.2) is 4.98 Å². The molecular weight excluding hydrogens is 262 g/mol. The largest absolute Gasteiger partial charge is 0.391 e. The summed E-state index contributed by atoms with van der Waals surface area (Å²) >= 11 is 0. The first-order chi connectivity index (χ1) is 10.1. The van der Waals surface area contributed by atoms with Crippen LogP contribution in [0.25, 0.3) is 10.8 Å². The lowest BCUT2D eigenvalue weighted by Gasteiger charge is -2.32. The van der Waals surface area contributed by atoms with Gasteiger partial charge < -0.3 is 10.0 Å². The standard InChI is InChI=1S/C17H19N3O/c1-11-3-6-17(12(2)21)20(11)14-4-5-15-13(9-14)7-8-19-16(15)10-18/h4-5,7-9,11-12,17,21H,3,6H2,1-2H3/t11-,12+,17-/m1/s1. The lowest BCUT2D eigenvalue weighted by molar-refractivity contribution is 0.163. The number of rotatable bonds is 2. The van der Waals surface area contributed by atoms with Crippen molar-refractivity contribution in [2.24, 2.45) is 0 Å². The molecular formula is C17H19N3O. The Bertz CT molecular complexity index is 705. The molecule has 108 valence electrons. The minimum absolute atomic E-state index is 0.162. The van der Waals surface area contributed by atoms with Gasteiger partial charge in [0.25, 0.3) is 0 Å². The molecule has 1 aliphatic heterocycles. The third-order valence-corrected chi connectivity index (χ3v) is 4.42. The van der Waals surface area contributed by atoms with Gasteiger partial charge in [-0.15, -0.1) is 0 Å². The summed E-state index contributed by atoms with van der Waals surface area (Å²) in [5.74, 6) is 0. The van der Waals surface area contributed by atoms with Gasteiger partial charge in [-0.3, -0.25) is 0 Å². The maximum Gasteiger partial charge on any atom is 0.148 e. The van der Waals surface area contributed by atoms with Crippen molar-refractivity contribution in [1.29, 1.82) is 5.26 Å². The number of aliphatic hydroxyl groups excluding tert-OH is 1. The number of benzene rings is 1. The smallest absolute Gasteiger partial charge is 0.148 e. The van der Waals surface area contributed by atoms with E-state index in [1.165, 1.54) is 0 Å². The zero-order valence-corrected chi connectivity index (χ0v) is 12.3. The minimum atomic E-state index is -0.349. The first-order valence-corrected chi connectivity index (χ1v) is 7.37. The molecule has 0 saturated carbocycles. The Labute approximate surface area is 124 Å². The second kappa shape index (κ2) is 5.34. The van der Waals surface area contributed by atoms with Crippen LogP contribution in [0.1, 0.15) is 32.4 Å². The molecule has 1 saturated heterocycles. The summed E-state index contributed by atoms with van der Waals surface area (Å²) in [7, 11) is 0. The van der Waals surface area contributed by atoms with Gasteiger partial charge in [0.15, 0.2) is 0 Å². The Morgan fingerprint density at radius 3 is 2.90 bits per heavy atom. The molecule has 3 atom stereocenters. The molecule has 1 aromatic heterocycles. The van der Waals surface area contributed by atoms with Gasteiger partial charge >= 0.3 is 0 Å². The van der Waals surface area contributed by atoms with Gasteiger partial charge in [0.2, 0.25) is 0 Å². The average Bonchev–Trinajstić information content (AvgIpc) is 2.88. The Morgan fingerprint density at radius 1 is 1.38 bits per heavy atom. The van der Waals surface area contributed by atoms with Gasteiger partial charge in [-0.1, -0.05) is 0 Å². The fourth-order valence-electron chi connectivity index (χ4n) is 3.35. The van der Waals surface area contributed by atoms with Crippen molar-refractivity contribution in [3.63, 3.8) is 0 Å². The molecule has 2 heterocycles. The van der Waals surface area contributed by atoms with Crippen LogP contribution in [0.3, 0.4) is 0 Å². The molecule has 21 heavy (non-hydrogen) atoms. The molecule has 1 N–H and O–H groups in total. The average molecular weight is 281 g/mol. The van der Waals surface area contributed by atoms with Crippen LogP contribution in [-0.4, -0.2) is 28.3 Å². The summed E-state index contributed by atoms with van der Waals surface area (Å²) in [6.07, 6.45) is 3.42. The highest BCUT2D eigenvalue weighted by molar-refractivity contribution is 5.89. The molecule has 0 radical (unpaired) electrons. The fourth-order valence-corrected chi connectivity index (χ4v) is 3.35. The third kappa shape index (κ3) is 2.34. The van der Waals surface area contributed by atoms with E-state index in [2.05, 4.69) is 28.9 Å². The maximum absolute atomic E-state index is 10.0. The Balaban J connectivity index is 2.07. The number of pyridine rings is 1. The van der Waals surface area contributed by atoms with E-state index in [9.17, 15) is 5.11 Å². The number of nitriles is 1. The van der Waals surface area contributed by atoms with Gasteiger partial charge in [0.1, 0.15) is 11.8 Å². The zero-order valence-electron chi connectivity index (χ0n) is 12.3. The number of aromatic nitrogens is 1. The predicted molar refractivity (Wildman–Crippen MR) is 83.1 cm³/mol. The van der Waals surface area contributed by atoms with Gasteiger partial charge in [0.05, 0.1) is 12.1 Å². The summed E-state index contributed by atoms with van der Waals surface area (Å²) < 4.78 is 0. The molecule has 4 heteroatoms. The molecule has 0 aliphatic carbocycles. The highest BCUT2D eigenvalue weighted by atomic mass is 16.3. The van der Waals surface area contributed by atoms with E-state index in [4.69, 9.17) is 5.26 Å². The van der Waals surface area contributed by atoms with Gasteiger partial charge in [-0.05, 0) is 56.3 Å². The van der Waals surface area contributed by atoms with Crippen LogP contribution < -0.4 is 4.90 Å².